The number of carbonyl (C=O) groups excluding carboxylic acids is 1. The Hall–Kier alpha value is -2.67. The number of sulfonamides is 1. The molecular weight excluding hydrogens is 433 g/mol. The van der Waals surface area contributed by atoms with Gasteiger partial charge < -0.3 is 9.64 Å². The summed E-state index contributed by atoms with van der Waals surface area (Å²) >= 11 is 6.12. The lowest BCUT2D eigenvalue weighted by Crippen LogP contribution is -2.48. The molecule has 1 saturated heterocycles. The molecule has 0 spiro atoms. The second-order valence-corrected chi connectivity index (χ2v) is 9.00. The zero-order valence-corrected chi connectivity index (χ0v) is 17.7. The van der Waals surface area contributed by atoms with E-state index in [4.69, 9.17) is 21.6 Å². The molecule has 0 unspecified atom stereocenters. The Kier molecular flexibility index (Phi) is 6.61. The average Bonchev–Trinajstić information content (AvgIpc) is 2.74. The molecule has 2 aromatic rings. The Bertz CT molecular complexity index is 1080. The lowest BCUT2D eigenvalue weighted by molar-refractivity contribution is 0.0435. The van der Waals surface area contributed by atoms with Gasteiger partial charge in [-0.1, -0.05) is 11.6 Å². The lowest BCUT2D eigenvalue weighted by atomic mass is 10.2. The molecule has 1 fully saturated rings. The first-order valence-electron chi connectivity index (χ1n) is 9.13. The highest BCUT2D eigenvalue weighted by Crippen LogP contribution is 2.28. The van der Waals surface area contributed by atoms with E-state index in [1.54, 1.807) is 18.2 Å². The van der Waals surface area contributed by atoms with E-state index in [0.717, 1.165) is 11.8 Å². The van der Waals surface area contributed by atoms with Crippen LogP contribution in [0.15, 0.2) is 47.4 Å². The first-order chi connectivity index (χ1) is 14.2. The molecule has 0 aliphatic carbocycles. The van der Waals surface area contributed by atoms with E-state index < -0.39 is 22.1 Å². The molecule has 1 heterocycles. The van der Waals surface area contributed by atoms with Gasteiger partial charge in [-0.05, 0) is 49.4 Å². The van der Waals surface area contributed by atoms with Crippen molar-refractivity contribution >= 4 is 33.3 Å². The van der Waals surface area contributed by atoms with Crippen LogP contribution in [0.2, 0.25) is 5.02 Å². The van der Waals surface area contributed by atoms with Crippen molar-refractivity contribution in [2.45, 2.75) is 17.9 Å². The fraction of sp³-hybridized carbons (Fsp3) is 0.300. The van der Waals surface area contributed by atoms with Crippen LogP contribution in [-0.2, 0) is 14.8 Å². The molecule has 0 radical (unpaired) electrons. The largest absolute Gasteiger partial charge is 0.444 e. The van der Waals surface area contributed by atoms with Gasteiger partial charge in [0.05, 0.1) is 10.6 Å². The summed E-state index contributed by atoms with van der Waals surface area (Å²) in [7, 11) is -3.95. The van der Waals surface area contributed by atoms with Crippen molar-refractivity contribution in [2.75, 3.05) is 31.1 Å². The number of carbonyl (C=O) groups is 1. The summed E-state index contributed by atoms with van der Waals surface area (Å²) in [6, 6.07) is 11.6. The summed E-state index contributed by atoms with van der Waals surface area (Å²) in [6.07, 6.45) is -0.965. The van der Waals surface area contributed by atoms with Crippen LogP contribution in [0.1, 0.15) is 17.3 Å². The maximum atomic E-state index is 13.1. The number of ether oxygens (including phenoxy) is 1. The van der Waals surface area contributed by atoms with Gasteiger partial charge in [-0.15, -0.1) is 0 Å². The van der Waals surface area contributed by atoms with Crippen molar-refractivity contribution in [2.24, 2.45) is 0 Å². The molecule has 0 aromatic heterocycles. The molecule has 7 nitrogen and oxygen atoms in total. The maximum absolute atomic E-state index is 13.1. The number of nitrogens with zero attached hydrogens (tertiary/aromatic N) is 3. The second-order valence-electron chi connectivity index (χ2n) is 6.69. The monoisotopic (exact) mass is 451 g/mol. The van der Waals surface area contributed by atoms with Crippen LogP contribution in [-0.4, -0.2) is 51.0 Å². The van der Waals surface area contributed by atoms with Crippen LogP contribution in [0.3, 0.4) is 0 Å². The van der Waals surface area contributed by atoms with Gasteiger partial charge in [0.1, 0.15) is 16.8 Å². The van der Waals surface area contributed by atoms with E-state index >= 15 is 0 Å². The van der Waals surface area contributed by atoms with Gasteiger partial charge in [0.2, 0.25) is 10.0 Å². The Morgan fingerprint density at radius 1 is 1.17 bits per heavy atom. The molecule has 2 aromatic carbocycles. The Morgan fingerprint density at radius 2 is 1.80 bits per heavy atom. The highest BCUT2D eigenvalue weighted by atomic mass is 35.5. The van der Waals surface area contributed by atoms with Crippen LogP contribution in [0.25, 0.3) is 0 Å². The van der Waals surface area contributed by atoms with Crippen LogP contribution >= 0.6 is 11.6 Å². The average molecular weight is 452 g/mol. The SMILES string of the molecule is C[C@@H](C#N)OC(=O)c1ccc(Cl)c(S(=O)(=O)N2CCN(c3ccc(F)cc3)CC2)c1. The first kappa shape index (κ1) is 22.0. The van der Waals surface area contributed by atoms with Crippen molar-refractivity contribution in [1.29, 1.82) is 5.26 Å². The van der Waals surface area contributed by atoms with E-state index in [9.17, 15) is 17.6 Å². The molecule has 0 amide bonds. The molecule has 1 aliphatic rings. The fourth-order valence-electron chi connectivity index (χ4n) is 3.06. The van der Waals surface area contributed by atoms with Gasteiger partial charge in [0.25, 0.3) is 0 Å². The first-order valence-corrected chi connectivity index (χ1v) is 10.9. The van der Waals surface area contributed by atoms with Crippen molar-refractivity contribution in [1.82, 2.24) is 4.31 Å². The zero-order valence-electron chi connectivity index (χ0n) is 16.1. The smallest absolute Gasteiger partial charge is 0.339 e. The van der Waals surface area contributed by atoms with Crippen LogP contribution in [0.4, 0.5) is 10.1 Å². The van der Waals surface area contributed by atoms with Gasteiger partial charge >= 0.3 is 5.97 Å². The quantitative estimate of drug-likeness (QED) is 0.649. The lowest BCUT2D eigenvalue weighted by Gasteiger charge is -2.35. The second kappa shape index (κ2) is 9.00. The molecule has 158 valence electrons. The molecule has 1 atom stereocenters. The number of piperazine rings is 1. The van der Waals surface area contributed by atoms with E-state index in [1.807, 2.05) is 4.90 Å². The third kappa shape index (κ3) is 4.73. The molecule has 10 heteroatoms. The van der Waals surface area contributed by atoms with Crippen LogP contribution in [0, 0.1) is 17.1 Å². The molecular formula is C20H19ClFN3O4S. The minimum absolute atomic E-state index is 0.00924. The Labute approximate surface area is 179 Å². The highest BCUT2D eigenvalue weighted by molar-refractivity contribution is 7.89. The van der Waals surface area contributed by atoms with Gasteiger partial charge in [0.15, 0.2) is 6.10 Å². The number of benzene rings is 2. The van der Waals surface area contributed by atoms with Gasteiger partial charge in [-0.3, -0.25) is 0 Å². The molecule has 0 saturated carbocycles. The summed E-state index contributed by atoms with van der Waals surface area (Å²) in [4.78, 5) is 13.9. The van der Waals surface area contributed by atoms with E-state index in [0.29, 0.717) is 13.1 Å². The summed E-state index contributed by atoms with van der Waals surface area (Å²) < 4.78 is 45.6. The predicted molar refractivity (Wildman–Crippen MR) is 109 cm³/mol. The van der Waals surface area contributed by atoms with Crippen molar-refractivity contribution in [3.05, 3.63) is 58.9 Å². The topological polar surface area (TPSA) is 90.7 Å². The van der Waals surface area contributed by atoms with Crippen molar-refractivity contribution < 1.29 is 22.3 Å². The molecule has 3 rings (SSSR count). The van der Waals surface area contributed by atoms with Gasteiger partial charge in [0, 0.05) is 31.9 Å². The molecule has 1 aliphatic heterocycles. The summed E-state index contributed by atoms with van der Waals surface area (Å²) in [6.45, 7) is 2.66. The normalized spacial score (nSPS) is 16.0. The Morgan fingerprint density at radius 3 is 2.40 bits per heavy atom. The highest BCUT2D eigenvalue weighted by Gasteiger charge is 2.31. The number of hydrogen-bond acceptors (Lipinski definition) is 6. The maximum Gasteiger partial charge on any atom is 0.339 e. The van der Waals surface area contributed by atoms with Crippen molar-refractivity contribution in [3.8, 4) is 6.07 Å². The summed E-state index contributed by atoms with van der Waals surface area (Å²) in [5.74, 6) is -1.14. The predicted octanol–water partition coefficient (Wildman–Crippen LogP) is 3.06. The van der Waals surface area contributed by atoms with E-state index in [-0.39, 0.29) is 34.4 Å². The zero-order chi connectivity index (χ0) is 21.9. The van der Waals surface area contributed by atoms with E-state index in [2.05, 4.69) is 0 Å². The number of anilines is 1. The standard InChI is InChI=1S/C20H19ClFN3O4S/c1-14(13-23)29-20(26)15-2-7-18(21)19(12-15)30(27,28)25-10-8-24(9-11-25)17-5-3-16(22)4-6-17/h2-7,12,14H,8-11H2,1H3/t14-/m0/s1. The molecule has 30 heavy (non-hydrogen) atoms. The summed E-state index contributed by atoms with van der Waals surface area (Å²) in [5, 5.41) is 8.76. The van der Waals surface area contributed by atoms with Crippen molar-refractivity contribution in [3.63, 3.8) is 0 Å². The summed E-state index contributed by atoms with van der Waals surface area (Å²) in [5.41, 5.74) is 0.799. The number of hydrogen-bond donors (Lipinski definition) is 0. The third-order valence-corrected chi connectivity index (χ3v) is 7.06. The van der Waals surface area contributed by atoms with Crippen LogP contribution in [0.5, 0.6) is 0 Å². The number of esters is 1. The van der Waals surface area contributed by atoms with Gasteiger partial charge in [-0.25, -0.2) is 17.6 Å². The minimum Gasteiger partial charge on any atom is -0.444 e. The third-order valence-electron chi connectivity index (χ3n) is 4.68. The number of rotatable bonds is 5. The van der Waals surface area contributed by atoms with Crippen LogP contribution < -0.4 is 4.90 Å². The molecule has 0 N–H and O–H groups in total. The number of halogens is 2. The van der Waals surface area contributed by atoms with E-state index in [1.165, 1.54) is 35.5 Å². The van der Waals surface area contributed by atoms with Gasteiger partial charge in [-0.2, -0.15) is 9.57 Å². The fourth-order valence-corrected chi connectivity index (χ4v) is 4.98. The Balaban J connectivity index is 1.77. The number of nitriles is 1. The molecule has 0 bridgehead atoms. The minimum atomic E-state index is -3.95.